The zero-order valence-electron chi connectivity index (χ0n) is 12.7. The van der Waals surface area contributed by atoms with Crippen LogP contribution in [0.15, 0.2) is 12.2 Å². The van der Waals surface area contributed by atoms with Crippen molar-refractivity contribution >= 4 is 17.9 Å². The Hall–Kier alpha value is -1.85. The third-order valence-electron chi connectivity index (χ3n) is 3.23. The summed E-state index contributed by atoms with van der Waals surface area (Å²) >= 11 is 0. The van der Waals surface area contributed by atoms with E-state index in [9.17, 15) is 14.4 Å². The molecule has 0 aromatic heterocycles. The molecular weight excluding hydrogens is 276 g/mol. The van der Waals surface area contributed by atoms with Crippen molar-refractivity contribution in [2.75, 3.05) is 19.8 Å². The molecule has 0 aromatic carbocycles. The Morgan fingerprint density at radius 3 is 1.95 bits per heavy atom. The third-order valence-corrected chi connectivity index (χ3v) is 3.23. The molecule has 3 unspecified atom stereocenters. The lowest BCUT2D eigenvalue weighted by atomic mass is 9.79. The number of carbonyl (C=O) groups excluding carboxylic acids is 3. The molecule has 3 atom stereocenters. The molecule has 6 nitrogen and oxygen atoms in total. The number of carbonyl (C=O) groups is 3. The van der Waals surface area contributed by atoms with Crippen molar-refractivity contribution in [1.82, 2.24) is 0 Å². The molecule has 21 heavy (non-hydrogen) atoms. The van der Waals surface area contributed by atoms with Crippen molar-refractivity contribution in [3.05, 3.63) is 12.2 Å². The lowest BCUT2D eigenvalue weighted by molar-refractivity contribution is -0.161. The van der Waals surface area contributed by atoms with E-state index in [2.05, 4.69) is 0 Å². The smallest absolute Gasteiger partial charge is 0.313 e. The summed E-state index contributed by atoms with van der Waals surface area (Å²) in [6, 6.07) is 0. The first kappa shape index (κ1) is 17.2. The van der Waals surface area contributed by atoms with Crippen molar-refractivity contribution < 1.29 is 28.6 Å². The van der Waals surface area contributed by atoms with Gasteiger partial charge in [0, 0.05) is 0 Å². The minimum absolute atomic E-state index is 0.192. The maximum absolute atomic E-state index is 12.0. The van der Waals surface area contributed by atoms with Crippen LogP contribution in [0.2, 0.25) is 0 Å². The molecule has 0 aliphatic heterocycles. The number of esters is 3. The molecule has 1 aliphatic carbocycles. The van der Waals surface area contributed by atoms with Crippen LogP contribution in [-0.2, 0) is 28.6 Å². The van der Waals surface area contributed by atoms with E-state index in [0.29, 0.717) is 0 Å². The van der Waals surface area contributed by atoms with Crippen LogP contribution in [-0.4, -0.2) is 37.7 Å². The van der Waals surface area contributed by atoms with E-state index in [1.807, 2.05) is 0 Å². The summed E-state index contributed by atoms with van der Waals surface area (Å²) in [6.07, 6.45) is 3.34. The molecule has 0 fully saturated rings. The molecule has 0 heterocycles. The predicted octanol–water partition coefficient (Wildman–Crippen LogP) is 1.48. The van der Waals surface area contributed by atoms with Gasteiger partial charge in [0.15, 0.2) is 0 Å². The largest absolute Gasteiger partial charge is 0.466 e. The quantitative estimate of drug-likeness (QED) is 0.420. The lowest BCUT2D eigenvalue weighted by Gasteiger charge is -2.27. The highest BCUT2D eigenvalue weighted by Crippen LogP contribution is 2.31. The van der Waals surface area contributed by atoms with Crippen molar-refractivity contribution in [2.45, 2.75) is 27.2 Å². The summed E-state index contributed by atoms with van der Waals surface area (Å²) in [7, 11) is 0. The Labute approximate surface area is 124 Å². The van der Waals surface area contributed by atoms with E-state index in [0.717, 1.165) is 0 Å². The summed E-state index contributed by atoms with van der Waals surface area (Å²) in [6.45, 7) is 5.84. The fraction of sp³-hybridized carbons (Fsp3) is 0.667. The molecule has 0 radical (unpaired) electrons. The number of hydrogen-bond donors (Lipinski definition) is 0. The molecule has 0 saturated heterocycles. The van der Waals surface area contributed by atoms with Crippen LogP contribution in [0.1, 0.15) is 27.2 Å². The first-order valence-electron chi connectivity index (χ1n) is 7.23. The van der Waals surface area contributed by atoms with Crippen molar-refractivity contribution in [1.29, 1.82) is 0 Å². The van der Waals surface area contributed by atoms with Gasteiger partial charge in [0.25, 0.3) is 0 Å². The maximum atomic E-state index is 12.0. The summed E-state index contributed by atoms with van der Waals surface area (Å²) in [5.74, 6) is -3.34. The van der Waals surface area contributed by atoms with Crippen molar-refractivity contribution in [3.8, 4) is 0 Å². The second-order valence-electron chi connectivity index (χ2n) is 4.62. The van der Waals surface area contributed by atoms with Crippen molar-refractivity contribution in [2.24, 2.45) is 17.8 Å². The van der Waals surface area contributed by atoms with Gasteiger partial charge < -0.3 is 14.2 Å². The molecule has 0 saturated carbocycles. The van der Waals surface area contributed by atoms with Crippen LogP contribution >= 0.6 is 0 Å². The molecule has 1 rings (SSSR count). The Morgan fingerprint density at radius 1 is 0.857 bits per heavy atom. The highest BCUT2D eigenvalue weighted by Gasteiger charge is 2.40. The van der Waals surface area contributed by atoms with Gasteiger partial charge in [-0.05, 0) is 27.2 Å². The van der Waals surface area contributed by atoms with Crippen LogP contribution in [0.5, 0.6) is 0 Å². The number of rotatable bonds is 6. The van der Waals surface area contributed by atoms with Crippen LogP contribution in [0.3, 0.4) is 0 Å². The average Bonchev–Trinajstić information content (AvgIpc) is 2.47. The summed E-state index contributed by atoms with van der Waals surface area (Å²) < 4.78 is 14.9. The molecule has 0 spiro atoms. The summed E-state index contributed by atoms with van der Waals surface area (Å²) in [5, 5.41) is 0. The van der Waals surface area contributed by atoms with Gasteiger partial charge in [-0.25, -0.2) is 0 Å². The standard InChI is InChI=1S/C15H22O6/c1-4-19-13(16)10-7-8-11(14(17)20-5-2)12(9-10)15(18)21-6-3/h7-8,10-12H,4-6,9H2,1-3H3. The molecule has 1 aliphatic rings. The Bertz CT molecular complexity index is 414. The van der Waals surface area contributed by atoms with Gasteiger partial charge in [0.2, 0.25) is 0 Å². The lowest BCUT2D eigenvalue weighted by Crippen LogP contribution is -2.37. The third kappa shape index (κ3) is 4.58. The molecule has 0 amide bonds. The summed E-state index contributed by atoms with van der Waals surface area (Å²) in [5.41, 5.74) is 0. The first-order chi connectivity index (χ1) is 10.0. The maximum Gasteiger partial charge on any atom is 0.313 e. The summed E-state index contributed by atoms with van der Waals surface area (Å²) in [4.78, 5) is 35.7. The Kier molecular flexibility index (Phi) is 6.91. The fourth-order valence-corrected chi connectivity index (χ4v) is 2.28. The average molecular weight is 298 g/mol. The molecule has 0 bridgehead atoms. The van der Waals surface area contributed by atoms with E-state index >= 15 is 0 Å². The highest BCUT2D eigenvalue weighted by molar-refractivity contribution is 5.85. The minimum Gasteiger partial charge on any atom is -0.466 e. The van der Waals surface area contributed by atoms with Crippen LogP contribution in [0, 0.1) is 17.8 Å². The Morgan fingerprint density at radius 2 is 1.38 bits per heavy atom. The van der Waals surface area contributed by atoms with E-state index in [1.165, 1.54) is 0 Å². The molecule has 6 heteroatoms. The van der Waals surface area contributed by atoms with Gasteiger partial charge in [-0.2, -0.15) is 0 Å². The SMILES string of the molecule is CCOC(=O)C1C=CC(C(=O)OCC)C(C(=O)OCC)C1. The van der Waals surface area contributed by atoms with Crippen LogP contribution < -0.4 is 0 Å². The predicted molar refractivity (Wildman–Crippen MR) is 74.1 cm³/mol. The van der Waals surface area contributed by atoms with Crippen molar-refractivity contribution in [3.63, 3.8) is 0 Å². The number of hydrogen-bond acceptors (Lipinski definition) is 6. The first-order valence-corrected chi connectivity index (χ1v) is 7.23. The van der Waals surface area contributed by atoms with Gasteiger partial charge >= 0.3 is 17.9 Å². The Balaban J connectivity index is 2.90. The van der Waals surface area contributed by atoms with E-state index < -0.39 is 35.7 Å². The zero-order chi connectivity index (χ0) is 15.8. The highest BCUT2D eigenvalue weighted by atomic mass is 16.5. The number of ether oxygens (including phenoxy) is 3. The molecule has 118 valence electrons. The fourth-order valence-electron chi connectivity index (χ4n) is 2.28. The van der Waals surface area contributed by atoms with E-state index in [-0.39, 0.29) is 26.2 Å². The zero-order valence-corrected chi connectivity index (χ0v) is 12.7. The minimum atomic E-state index is -0.719. The molecular formula is C15H22O6. The van der Waals surface area contributed by atoms with Crippen LogP contribution in [0.4, 0.5) is 0 Å². The van der Waals surface area contributed by atoms with E-state index in [1.54, 1.807) is 32.9 Å². The topological polar surface area (TPSA) is 78.9 Å². The molecule has 0 N–H and O–H groups in total. The van der Waals surface area contributed by atoms with E-state index in [4.69, 9.17) is 14.2 Å². The van der Waals surface area contributed by atoms with Gasteiger partial charge in [0.1, 0.15) is 0 Å². The van der Waals surface area contributed by atoms with Gasteiger partial charge in [-0.1, -0.05) is 12.2 Å². The van der Waals surface area contributed by atoms with Gasteiger partial charge in [-0.15, -0.1) is 0 Å². The van der Waals surface area contributed by atoms with Crippen LogP contribution in [0.25, 0.3) is 0 Å². The normalized spacial score (nSPS) is 24.2. The second-order valence-corrected chi connectivity index (χ2v) is 4.62. The van der Waals surface area contributed by atoms with Gasteiger partial charge in [0.05, 0.1) is 37.6 Å². The molecule has 0 aromatic rings. The monoisotopic (exact) mass is 298 g/mol. The van der Waals surface area contributed by atoms with Gasteiger partial charge in [-0.3, -0.25) is 14.4 Å². The second kappa shape index (κ2) is 8.44.